The van der Waals surface area contributed by atoms with E-state index in [0.29, 0.717) is 0 Å². The molecule has 1 heteroatoms. The number of hydrogen-bond donors (Lipinski definition) is 0. The van der Waals surface area contributed by atoms with Gasteiger partial charge in [0.15, 0.2) is 0 Å². The molecule has 3 unspecified atom stereocenters. The molecule has 0 saturated heterocycles. The number of alkyl halides is 1. The average Bonchev–Trinajstić information content (AvgIpc) is 2.19. The lowest BCUT2D eigenvalue weighted by atomic mass is 10.2. The van der Waals surface area contributed by atoms with Crippen LogP contribution < -0.4 is 0 Å². The van der Waals surface area contributed by atoms with Gasteiger partial charge in [0.2, 0.25) is 0 Å². The molecular weight excluding hydrogens is 132 g/mol. The number of rotatable bonds is 2. The highest BCUT2D eigenvalue weighted by Crippen LogP contribution is 2.57. The van der Waals surface area contributed by atoms with Crippen LogP contribution in [0.5, 0.6) is 0 Å². The Labute approximate surface area is 62.6 Å². The minimum Gasteiger partial charge on any atom is -0.119 e. The van der Waals surface area contributed by atoms with Crippen molar-refractivity contribution in [3.8, 4) is 0 Å². The van der Waals surface area contributed by atoms with Crippen molar-refractivity contribution in [2.24, 2.45) is 11.8 Å². The van der Waals surface area contributed by atoms with Gasteiger partial charge in [0.25, 0.3) is 0 Å². The Kier molecular flexibility index (Phi) is 1.77. The monoisotopic (exact) mass is 146 g/mol. The van der Waals surface area contributed by atoms with Crippen LogP contribution in [-0.2, 0) is 0 Å². The Morgan fingerprint density at radius 3 is 2.11 bits per heavy atom. The van der Waals surface area contributed by atoms with Gasteiger partial charge >= 0.3 is 0 Å². The molecular formula is C8H15Cl. The van der Waals surface area contributed by atoms with Crippen molar-refractivity contribution in [3.05, 3.63) is 0 Å². The average molecular weight is 147 g/mol. The lowest BCUT2D eigenvalue weighted by Gasteiger charge is -1.95. The summed E-state index contributed by atoms with van der Waals surface area (Å²) in [4.78, 5) is 0.149. The third-order valence-electron chi connectivity index (χ3n) is 2.71. The van der Waals surface area contributed by atoms with Crippen molar-refractivity contribution in [2.75, 3.05) is 0 Å². The molecule has 0 amide bonds. The highest BCUT2D eigenvalue weighted by atomic mass is 35.5. The summed E-state index contributed by atoms with van der Waals surface area (Å²) >= 11 is 6.14. The third kappa shape index (κ3) is 1.10. The van der Waals surface area contributed by atoms with E-state index in [0.717, 1.165) is 11.8 Å². The molecule has 0 heterocycles. The standard InChI is InChI=1S/C8H15Cl/c1-4-5-7-6(2)8(7,3)9/h6-7H,4-5H2,1-3H3. The molecule has 1 aliphatic rings. The zero-order valence-corrected chi connectivity index (χ0v) is 7.20. The summed E-state index contributed by atoms with van der Waals surface area (Å²) in [5.74, 6) is 1.54. The van der Waals surface area contributed by atoms with Crippen molar-refractivity contribution >= 4 is 11.6 Å². The van der Waals surface area contributed by atoms with E-state index in [1.54, 1.807) is 0 Å². The van der Waals surface area contributed by atoms with Gasteiger partial charge in [-0.15, -0.1) is 11.6 Å². The lowest BCUT2D eigenvalue weighted by Crippen LogP contribution is -1.93. The first kappa shape index (κ1) is 7.40. The first-order chi connectivity index (χ1) is 4.10. The summed E-state index contributed by atoms with van der Waals surface area (Å²) < 4.78 is 0. The van der Waals surface area contributed by atoms with Gasteiger partial charge in [-0.25, -0.2) is 0 Å². The van der Waals surface area contributed by atoms with Crippen molar-refractivity contribution in [1.29, 1.82) is 0 Å². The minimum atomic E-state index is 0.149. The van der Waals surface area contributed by atoms with Crippen LogP contribution in [0.2, 0.25) is 0 Å². The summed E-state index contributed by atoms with van der Waals surface area (Å²) in [5.41, 5.74) is 0. The largest absolute Gasteiger partial charge is 0.119 e. The van der Waals surface area contributed by atoms with Crippen LogP contribution in [0.15, 0.2) is 0 Å². The van der Waals surface area contributed by atoms with Crippen LogP contribution in [0.3, 0.4) is 0 Å². The topological polar surface area (TPSA) is 0 Å². The molecule has 1 saturated carbocycles. The van der Waals surface area contributed by atoms with E-state index in [9.17, 15) is 0 Å². The maximum atomic E-state index is 6.14. The molecule has 3 atom stereocenters. The Balaban J connectivity index is 2.33. The van der Waals surface area contributed by atoms with Crippen molar-refractivity contribution in [2.45, 2.75) is 38.5 Å². The first-order valence-electron chi connectivity index (χ1n) is 3.79. The molecule has 1 rings (SSSR count). The summed E-state index contributed by atoms with van der Waals surface area (Å²) in [6.45, 7) is 6.62. The Morgan fingerprint density at radius 2 is 2.00 bits per heavy atom. The summed E-state index contributed by atoms with van der Waals surface area (Å²) in [6, 6.07) is 0. The zero-order valence-electron chi connectivity index (χ0n) is 6.45. The predicted octanol–water partition coefficient (Wildman–Crippen LogP) is 3.05. The summed E-state index contributed by atoms with van der Waals surface area (Å²) in [5, 5.41) is 0. The maximum absolute atomic E-state index is 6.14. The van der Waals surface area contributed by atoms with Crippen LogP contribution in [-0.4, -0.2) is 4.87 Å². The number of hydrogen-bond acceptors (Lipinski definition) is 0. The Bertz CT molecular complexity index is 107. The molecule has 0 aromatic carbocycles. The van der Waals surface area contributed by atoms with E-state index in [1.165, 1.54) is 12.8 Å². The van der Waals surface area contributed by atoms with Gasteiger partial charge in [0.1, 0.15) is 0 Å². The first-order valence-corrected chi connectivity index (χ1v) is 4.17. The predicted molar refractivity (Wildman–Crippen MR) is 41.8 cm³/mol. The van der Waals surface area contributed by atoms with Crippen LogP contribution in [0.4, 0.5) is 0 Å². The third-order valence-corrected chi connectivity index (χ3v) is 3.33. The maximum Gasteiger partial charge on any atom is 0.0478 e. The number of halogens is 1. The molecule has 0 aromatic rings. The molecule has 9 heavy (non-hydrogen) atoms. The molecule has 0 nitrogen and oxygen atoms in total. The van der Waals surface area contributed by atoms with Crippen molar-refractivity contribution in [1.82, 2.24) is 0 Å². The van der Waals surface area contributed by atoms with Gasteiger partial charge in [-0.2, -0.15) is 0 Å². The van der Waals surface area contributed by atoms with E-state index < -0.39 is 0 Å². The molecule has 0 N–H and O–H groups in total. The second-order valence-electron chi connectivity index (χ2n) is 3.34. The fraction of sp³-hybridized carbons (Fsp3) is 1.00. The summed E-state index contributed by atoms with van der Waals surface area (Å²) in [6.07, 6.45) is 2.58. The smallest absolute Gasteiger partial charge is 0.0478 e. The molecule has 1 fully saturated rings. The van der Waals surface area contributed by atoms with E-state index >= 15 is 0 Å². The minimum absolute atomic E-state index is 0.149. The molecule has 0 bridgehead atoms. The van der Waals surface area contributed by atoms with Gasteiger partial charge in [-0.05, 0) is 25.2 Å². The van der Waals surface area contributed by atoms with E-state index in [1.807, 2.05) is 0 Å². The Morgan fingerprint density at radius 1 is 1.56 bits per heavy atom. The highest BCUT2D eigenvalue weighted by Gasteiger charge is 2.55. The molecule has 1 aliphatic carbocycles. The second kappa shape index (κ2) is 2.16. The normalized spacial score (nSPS) is 49.3. The van der Waals surface area contributed by atoms with Crippen LogP contribution in [0.25, 0.3) is 0 Å². The molecule has 0 radical (unpaired) electrons. The highest BCUT2D eigenvalue weighted by molar-refractivity contribution is 6.26. The van der Waals surface area contributed by atoms with Crippen LogP contribution in [0, 0.1) is 11.8 Å². The van der Waals surface area contributed by atoms with Gasteiger partial charge in [0, 0.05) is 4.87 Å². The van der Waals surface area contributed by atoms with Gasteiger partial charge in [-0.3, -0.25) is 0 Å². The fourth-order valence-corrected chi connectivity index (χ4v) is 2.02. The zero-order chi connectivity index (χ0) is 7.07. The van der Waals surface area contributed by atoms with E-state index in [-0.39, 0.29) is 4.87 Å². The molecule has 0 aliphatic heterocycles. The van der Waals surface area contributed by atoms with Gasteiger partial charge in [0.05, 0.1) is 0 Å². The Hall–Kier alpha value is 0.290. The second-order valence-corrected chi connectivity index (χ2v) is 4.15. The SMILES string of the molecule is CCCC1C(C)C1(C)Cl. The van der Waals surface area contributed by atoms with E-state index in [4.69, 9.17) is 11.6 Å². The summed E-state index contributed by atoms with van der Waals surface area (Å²) in [7, 11) is 0. The molecule has 54 valence electrons. The van der Waals surface area contributed by atoms with Gasteiger partial charge < -0.3 is 0 Å². The van der Waals surface area contributed by atoms with Crippen LogP contribution >= 0.6 is 11.6 Å². The van der Waals surface area contributed by atoms with E-state index in [2.05, 4.69) is 20.8 Å². The van der Waals surface area contributed by atoms with Crippen molar-refractivity contribution in [3.63, 3.8) is 0 Å². The van der Waals surface area contributed by atoms with Crippen LogP contribution in [0.1, 0.15) is 33.6 Å². The van der Waals surface area contributed by atoms with Gasteiger partial charge in [-0.1, -0.05) is 20.3 Å². The fourth-order valence-electron chi connectivity index (χ4n) is 1.63. The van der Waals surface area contributed by atoms with Crippen molar-refractivity contribution < 1.29 is 0 Å². The molecule has 0 aromatic heterocycles. The quantitative estimate of drug-likeness (QED) is 0.526. The lowest BCUT2D eigenvalue weighted by molar-refractivity contribution is 0.648. The molecule has 0 spiro atoms.